The first-order valence-electron chi connectivity index (χ1n) is 14.1. The standard InChI is InChI=1S/C32H30N4O8.2ClH/c37-29(38)5-1-17-9-21-14-26-19(3-7-31(41)42)11-23(35-26)16-28-20(4-8-32(43)44)12-24(36-28)15-27-18(2-6-30(39)40)10-22(34-27)13-25(17)33-21;;/h9-16,33,36H,1-8H2,(H,37,38)(H,39,40)(H,41,42)(H,43,44);2*1H. The van der Waals surface area contributed by atoms with Gasteiger partial charge in [0.2, 0.25) is 0 Å². The molecular weight excluding hydrogens is 639 g/mol. The Labute approximate surface area is 274 Å². The van der Waals surface area contributed by atoms with E-state index in [0.717, 1.165) is 11.1 Å². The number of aromatic nitrogens is 4. The van der Waals surface area contributed by atoms with Gasteiger partial charge in [0.15, 0.2) is 0 Å². The predicted molar refractivity (Wildman–Crippen MR) is 177 cm³/mol. The second kappa shape index (κ2) is 15.4. The molecule has 2 aliphatic rings. The van der Waals surface area contributed by atoms with Gasteiger partial charge in [-0.3, -0.25) is 19.2 Å². The number of fused-ring (bicyclic) bond motifs is 8. The number of hydrogen-bond acceptors (Lipinski definition) is 6. The van der Waals surface area contributed by atoms with Crippen molar-refractivity contribution in [3.63, 3.8) is 0 Å². The first-order valence-corrected chi connectivity index (χ1v) is 14.1. The summed E-state index contributed by atoms with van der Waals surface area (Å²) in [5, 5.41) is 37.2. The average molecular weight is 672 g/mol. The van der Waals surface area contributed by atoms with Crippen LogP contribution in [0.5, 0.6) is 0 Å². The molecule has 46 heavy (non-hydrogen) atoms. The van der Waals surface area contributed by atoms with Crippen LogP contribution >= 0.6 is 24.8 Å². The zero-order valence-electron chi connectivity index (χ0n) is 24.4. The van der Waals surface area contributed by atoms with Gasteiger partial charge in [0.05, 0.1) is 22.8 Å². The van der Waals surface area contributed by atoms with Crippen LogP contribution in [0.1, 0.15) is 72.4 Å². The minimum Gasteiger partial charge on any atom is -0.481 e. The maximum atomic E-state index is 11.4. The lowest BCUT2D eigenvalue weighted by Crippen LogP contribution is -1.96. The van der Waals surface area contributed by atoms with E-state index < -0.39 is 23.9 Å². The van der Waals surface area contributed by atoms with Crippen molar-refractivity contribution in [2.24, 2.45) is 0 Å². The number of carboxylic acids is 4. The maximum Gasteiger partial charge on any atom is 0.303 e. The fourth-order valence-corrected chi connectivity index (χ4v) is 5.25. The van der Waals surface area contributed by atoms with Crippen molar-refractivity contribution < 1.29 is 39.6 Å². The molecule has 0 amide bonds. The van der Waals surface area contributed by atoms with Crippen molar-refractivity contribution in [1.29, 1.82) is 0 Å². The molecule has 3 aromatic heterocycles. The average Bonchev–Trinajstić information content (AvgIpc) is 3.70. The van der Waals surface area contributed by atoms with Crippen molar-refractivity contribution in [1.82, 2.24) is 19.9 Å². The van der Waals surface area contributed by atoms with Gasteiger partial charge in [-0.05, 0) is 96.5 Å². The Hall–Kier alpha value is -4.94. The maximum absolute atomic E-state index is 11.4. The Balaban J connectivity index is 0.00000288. The molecule has 0 radical (unpaired) electrons. The Morgan fingerprint density at radius 1 is 0.522 bits per heavy atom. The lowest BCUT2D eigenvalue weighted by Gasteiger charge is -1.98. The van der Waals surface area contributed by atoms with Crippen LogP contribution in [0.3, 0.4) is 0 Å². The Kier molecular flexibility index (Phi) is 11.9. The van der Waals surface area contributed by atoms with Crippen LogP contribution in [0.15, 0.2) is 36.4 Å². The van der Waals surface area contributed by atoms with Gasteiger partial charge in [-0.1, -0.05) is 0 Å². The summed E-state index contributed by atoms with van der Waals surface area (Å²) < 4.78 is 0. The van der Waals surface area contributed by atoms with E-state index in [9.17, 15) is 39.6 Å². The van der Waals surface area contributed by atoms with Crippen LogP contribution in [0.25, 0.3) is 45.4 Å². The lowest BCUT2D eigenvalue weighted by atomic mass is 10.1. The number of rotatable bonds is 12. The molecule has 8 bridgehead atoms. The fraction of sp³-hybridized carbons (Fsp3) is 0.250. The third kappa shape index (κ3) is 9.05. The molecule has 0 aromatic carbocycles. The van der Waals surface area contributed by atoms with Crippen molar-refractivity contribution in [2.45, 2.75) is 51.4 Å². The highest BCUT2D eigenvalue weighted by molar-refractivity contribution is 5.89. The largest absolute Gasteiger partial charge is 0.481 e. The highest BCUT2D eigenvalue weighted by Gasteiger charge is 2.16. The van der Waals surface area contributed by atoms with E-state index in [1.165, 1.54) is 0 Å². The van der Waals surface area contributed by atoms with E-state index in [0.29, 0.717) is 56.0 Å². The lowest BCUT2D eigenvalue weighted by molar-refractivity contribution is -0.138. The molecule has 242 valence electrons. The van der Waals surface area contributed by atoms with Crippen LogP contribution in [-0.2, 0) is 32.0 Å². The van der Waals surface area contributed by atoms with E-state index in [1.54, 1.807) is 36.4 Å². The number of H-pyrrole nitrogens is 2. The number of nitrogens with one attached hydrogen (secondary N) is 2. The summed E-state index contributed by atoms with van der Waals surface area (Å²) in [7, 11) is 0. The number of carbonyl (C=O) groups is 4. The van der Waals surface area contributed by atoms with Crippen LogP contribution in [0.2, 0.25) is 0 Å². The molecule has 0 atom stereocenters. The number of allylic oxidation sites excluding steroid dienone is 2. The third-order valence-electron chi connectivity index (χ3n) is 7.31. The summed E-state index contributed by atoms with van der Waals surface area (Å²) in [6, 6.07) is 10.8. The topological polar surface area (TPSA) is 207 Å². The van der Waals surface area contributed by atoms with E-state index in [2.05, 4.69) is 9.97 Å². The van der Waals surface area contributed by atoms with Gasteiger partial charge in [0.1, 0.15) is 0 Å². The Bertz CT molecular complexity index is 1770. The second-order valence-electron chi connectivity index (χ2n) is 10.7. The molecule has 0 saturated heterocycles. The molecule has 0 saturated carbocycles. The van der Waals surface area contributed by atoms with Gasteiger partial charge >= 0.3 is 23.9 Å². The minimum atomic E-state index is -0.946. The molecule has 5 heterocycles. The number of carboxylic acid groups (broad SMARTS) is 4. The Morgan fingerprint density at radius 3 is 1.22 bits per heavy atom. The van der Waals surface area contributed by atoms with Crippen LogP contribution in [0, 0.1) is 0 Å². The minimum absolute atomic E-state index is 0. The molecule has 14 heteroatoms. The number of nitrogens with zero attached hydrogens (tertiary/aromatic N) is 2. The first-order chi connectivity index (χ1) is 21.0. The normalized spacial score (nSPS) is 11.9. The van der Waals surface area contributed by atoms with Gasteiger partial charge in [-0.15, -0.1) is 24.8 Å². The van der Waals surface area contributed by atoms with Gasteiger partial charge < -0.3 is 30.4 Å². The van der Waals surface area contributed by atoms with Gasteiger partial charge in [-0.2, -0.15) is 0 Å². The quantitative estimate of drug-likeness (QED) is 0.132. The van der Waals surface area contributed by atoms with E-state index in [-0.39, 0.29) is 76.2 Å². The second-order valence-corrected chi connectivity index (χ2v) is 10.7. The highest BCUT2D eigenvalue weighted by Crippen LogP contribution is 2.30. The predicted octanol–water partition coefficient (Wildman–Crippen LogP) is 6.00. The zero-order chi connectivity index (χ0) is 31.4. The number of hydrogen-bond donors (Lipinski definition) is 6. The SMILES string of the molecule is Cl.Cl.O=C(O)CCC1=Cc2cc3[nH]c(cc4nc(cc5[nH]c(cc1n2)cc5CCC(=O)O)C=C4CCC(=O)O)cc3CCC(=O)O. The number of halogens is 2. The summed E-state index contributed by atoms with van der Waals surface area (Å²) >= 11 is 0. The van der Waals surface area contributed by atoms with Gasteiger partial charge in [0, 0.05) is 47.8 Å². The van der Waals surface area contributed by atoms with Crippen LogP contribution in [0.4, 0.5) is 0 Å². The van der Waals surface area contributed by atoms with Crippen LogP contribution in [-0.4, -0.2) is 64.2 Å². The molecule has 0 unspecified atom stereocenters. The number of aromatic amines is 2. The summed E-state index contributed by atoms with van der Waals surface area (Å²) in [4.78, 5) is 61.6. The van der Waals surface area contributed by atoms with Crippen molar-refractivity contribution in [3.8, 4) is 0 Å². The van der Waals surface area contributed by atoms with E-state index >= 15 is 0 Å². The molecule has 6 N–H and O–H groups in total. The molecule has 3 aromatic rings. The molecule has 5 rings (SSSR count). The molecular formula is C32H32Cl2N4O8. The summed E-state index contributed by atoms with van der Waals surface area (Å²) in [6.07, 6.45) is 4.20. The molecule has 0 aliphatic carbocycles. The number of aryl methyl sites for hydroxylation is 2. The molecule has 12 nitrogen and oxygen atoms in total. The molecule has 2 aliphatic heterocycles. The van der Waals surface area contributed by atoms with E-state index in [4.69, 9.17) is 9.97 Å². The third-order valence-corrected chi connectivity index (χ3v) is 7.31. The summed E-state index contributed by atoms with van der Waals surface area (Å²) in [5.41, 5.74) is 7.67. The van der Waals surface area contributed by atoms with E-state index in [1.807, 2.05) is 12.1 Å². The highest BCUT2D eigenvalue weighted by atomic mass is 35.5. The number of aliphatic carboxylic acids is 4. The zero-order valence-corrected chi connectivity index (χ0v) is 26.0. The Morgan fingerprint density at radius 2 is 0.870 bits per heavy atom. The van der Waals surface area contributed by atoms with Gasteiger partial charge in [-0.25, -0.2) is 9.97 Å². The van der Waals surface area contributed by atoms with Gasteiger partial charge in [0.25, 0.3) is 0 Å². The first kappa shape index (κ1) is 35.5. The van der Waals surface area contributed by atoms with Crippen molar-refractivity contribution in [3.05, 3.63) is 70.3 Å². The van der Waals surface area contributed by atoms with Crippen LogP contribution < -0.4 is 0 Å². The monoisotopic (exact) mass is 670 g/mol. The fourth-order valence-electron chi connectivity index (χ4n) is 5.25. The molecule has 0 fully saturated rings. The van der Waals surface area contributed by atoms with Crippen molar-refractivity contribution in [2.75, 3.05) is 0 Å². The molecule has 0 spiro atoms. The summed E-state index contributed by atoms with van der Waals surface area (Å²) in [6.45, 7) is 0. The summed E-state index contributed by atoms with van der Waals surface area (Å²) in [5.74, 6) is -3.78. The smallest absolute Gasteiger partial charge is 0.303 e. The van der Waals surface area contributed by atoms with Crippen molar-refractivity contribution >= 4 is 94.1 Å².